The predicted octanol–water partition coefficient (Wildman–Crippen LogP) is 2.23. The third kappa shape index (κ3) is 4.14. The minimum Gasteiger partial charge on any atom is -0.351 e. The fourth-order valence-electron chi connectivity index (χ4n) is 1.55. The quantitative estimate of drug-likeness (QED) is 0.378. The number of alkyl halides is 1. The predicted molar refractivity (Wildman–Crippen MR) is 72.0 cm³/mol. The maximum Gasteiger partial charge on any atom is 0.287 e. The van der Waals surface area contributed by atoms with E-state index in [1.165, 1.54) is 16.8 Å². The number of carbonyl (C=O) groups excluding carboxylic acids is 1. The van der Waals surface area contributed by atoms with Gasteiger partial charge in [-0.15, -0.1) is 0 Å². The molecule has 1 heterocycles. The lowest BCUT2D eigenvalue weighted by Gasteiger charge is -2.06. The van der Waals surface area contributed by atoms with Crippen molar-refractivity contribution < 1.29 is 9.72 Å². The molecule has 7 heteroatoms. The number of halogens is 1. The number of aromatic nitrogens is 1. The zero-order valence-electron chi connectivity index (χ0n) is 10.4. The van der Waals surface area contributed by atoms with Crippen molar-refractivity contribution >= 4 is 27.5 Å². The molecule has 1 atom stereocenters. The number of amides is 1. The lowest BCUT2D eigenvalue weighted by atomic mass is 10.2. The molecule has 1 rings (SSSR count). The summed E-state index contributed by atoms with van der Waals surface area (Å²) < 4.78 is 1.46. The summed E-state index contributed by atoms with van der Waals surface area (Å²) in [6, 6.07) is 1.28. The molecule has 0 aliphatic rings. The molecule has 1 aromatic rings. The topological polar surface area (TPSA) is 77.2 Å². The van der Waals surface area contributed by atoms with Crippen LogP contribution in [0, 0.1) is 10.1 Å². The van der Waals surface area contributed by atoms with Crippen LogP contribution in [0.1, 0.15) is 30.3 Å². The van der Waals surface area contributed by atoms with Gasteiger partial charge in [-0.05, 0) is 12.8 Å². The van der Waals surface area contributed by atoms with E-state index in [0.717, 1.165) is 12.8 Å². The van der Waals surface area contributed by atoms with Gasteiger partial charge in [-0.3, -0.25) is 14.9 Å². The molecule has 100 valence electrons. The van der Waals surface area contributed by atoms with E-state index in [4.69, 9.17) is 0 Å². The van der Waals surface area contributed by atoms with Gasteiger partial charge in [-0.1, -0.05) is 22.9 Å². The van der Waals surface area contributed by atoms with Gasteiger partial charge in [-0.25, -0.2) is 0 Å². The van der Waals surface area contributed by atoms with Gasteiger partial charge < -0.3 is 9.88 Å². The van der Waals surface area contributed by atoms with Crippen LogP contribution in [0.15, 0.2) is 12.3 Å². The van der Waals surface area contributed by atoms with Crippen LogP contribution < -0.4 is 5.32 Å². The van der Waals surface area contributed by atoms with E-state index < -0.39 is 4.92 Å². The number of hydrogen-bond acceptors (Lipinski definition) is 3. The molecule has 0 aromatic carbocycles. The first-order chi connectivity index (χ1) is 8.41. The molecular weight excluding hydrogens is 302 g/mol. The molecule has 0 radical (unpaired) electrons. The zero-order chi connectivity index (χ0) is 13.7. The molecule has 0 aliphatic heterocycles. The van der Waals surface area contributed by atoms with Gasteiger partial charge in [-0.2, -0.15) is 0 Å². The van der Waals surface area contributed by atoms with Crippen molar-refractivity contribution in [1.82, 2.24) is 9.88 Å². The minimum absolute atomic E-state index is 0.0725. The monoisotopic (exact) mass is 317 g/mol. The number of rotatable bonds is 6. The number of hydrogen-bond donors (Lipinski definition) is 1. The smallest absolute Gasteiger partial charge is 0.287 e. The molecule has 1 aromatic heterocycles. The Kier molecular flexibility index (Phi) is 5.33. The van der Waals surface area contributed by atoms with Gasteiger partial charge in [0.15, 0.2) is 0 Å². The summed E-state index contributed by atoms with van der Waals surface area (Å²) in [5, 5.41) is 13.3. The van der Waals surface area contributed by atoms with E-state index >= 15 is 0 Å². The van der Waals surface area contributed by atoms with Crippen LogP contribution in [0.25, 0.3) is 0 Å². The second-order valence-corrected chi connectivity index (χ2v) is 5.69. The van der Waals surface area contributed by atoms with Crippen LogP contribution in [0.2, 0.25) is 0 Å². The van der Waals surface area contributed by atoms with Crippen molar-refractivity contribution in [2.45, 2.75) is 24.6 Å². The Hall–Kier alpha value is -1.37. The van der Waals surface area contributed by atoms with Crippen LogP contribution in [0.4, 0.5) is 5.69 Å². The highest BCUT2D eigenvalue weighted by Gasteiger charge is 2.16. The van der Waals surface area contributed by atoms with Crippen molar-refractivity contribution in [2.75, 3.05) is 6.54 Å². The van der Waals surface area contributed by atoms with Gasteiger partial charge >= 0.3 is 0 Å². The lowest BCUT2D eigenvalue weighted by Crippen LogP contribution is -2.26. The van der Waals surface area contributed by atoms with Crippen LogP contribution in [-0.4, -0.2) is 26.8 Å². The Morgan fingerprint density at radius 2 is 2.33 bits per heavy atom. The largest absolute Gasteiger partial charge is 0.351 e. The van der Waals surface area contributed by atoms with Gasteiger partial charge in [0.05, 0.1) is 11.1 Å². The highest BCUT2D eigenvalue weighted by atomic mass is 79.9. The maximum absolute atomic E-state index is 11.8. The first kappa shape index (κ1) is 14.7. The Morgan fingerprint density at radius 1 is 1.67 bits per heavy atom. The SMILES string of the molecule is CC(Br)CCCNC(=O)c1cc([N+](=O)[O-])cn1C. The number of carbonyl (C=O) groups is 1. The molecular formula is C11H16BrN3O3. The van der Waals surface area contributed by atoms with E-state index in [-0.39, 0.29) is 11.6 Å². The second kappa shape index (κ2) is 6.53. The molecule has 1 N–H and O–H groups in total. The Morgan fingerprint density at radius 3 is 2.83 bits per heavy atom. The van der Waals surface area contributed by atoms with Crippen molar-refractivity contribution in [3.8, 4) is 0 Å². The fraction of sp³-hybridized carbons (Fsp3) is 0.545. The molecule has 0 saturated heterocycles. The van der Waals surface area contributed by atoms with Crippen LogP contribution in [0.5, 0.6) is 0 Å². The Labute approximate surface area is 114 Å². The maximum atomic E-state index is 11.8. The number of nitrogens with one attached hydrogen (secondary N) is 1. The van der Waals surface area contributed by atoms with Crippen molar-refractivity contribution in [2.24, 2.45) is 7.05 Å². The third-order valence-electron chi connectivity index (χ3n) is 2.50. The van der Waals surface area contributed by atoms with E-state index in [0.29, 0.717) is 17.1 Å². The molecule has 0 saturated carbocycles. The number of nitro groups is 1. The average Bonchev–Trinajstić information content (AvgIpc) is 2.66. The Balaban J connectivity index is 2.54. The molecule has 18 heavy (non-hydrogen) atoms. The van der Waals surface area contributed by atoms with E-state index in [1.807, 2.05) is 6.92 Å². The van der Waals surface area contributed by atoms with Crippen molar-refractivity contribution in [1.29, 1.82) is 0 Å². The fourth-order valence-corrected chi connectivity index (χ4v) is 1.87. The molecule has 0 fully saturated rings. The van der Waals surface area contributed by atoms with Gasteiger partial charge in [0.2, 0.25) is 0 Å². The van der Waals surface area contributed by atoms with Crippen LogP contribution in [-0.2, 0) is 7.05 Å². The zero-order valence-corrected chi connectivity index (χ0v) is 11.9. The summed E-state index contributed by atoms with van der Waals surface area (Å²) in [4.78, 5) is 22.3. The van der Waals surface area contributed by atoms with Crippen molar-refractivity contribution in [3.63, 3.8) is 0 Å². The summed E-state index contributed by atoms with van der Waals surface area (Å²) in [6.45, 7) is 2.61. The Bertz CT molecular complexity index is 443. The van der Waals surface area contributed by atoms with E-state index in [9.17, 15) is 14.9 Å². The molecule has 6 nitrogen and oxygen atoms in total. The molecule has 1 amide bonds. The van der Waals surface area contributed by atoms with Gasteiger partial charge in [0.25, 0.3) is 11.6 Å². The highest BCUT2D eigenvalue weighted by Crippen LogP contribution is 2.15. The van der Waals surface area contributed by atoms with Crippen LogP contribution >= 0.6 is 15.9 Å². The second-order valence-electron chi connectivity index (χ2n) is 4.13. The molecule has 0 bridgehead atoms. The van der Waals surface area contributed by atoms with Gasteiger partial charge in [0, 0.05) is 24.5 Å². The number of nitrogens with zero attached hydrogens (tertiary/aromatic N) is 2. The summed E-state index contributed by atoms with van der Waals surface area (Å²) >= 11 is 3.43. The van der Waals surface area contributed by atoms with E-state index in [1.54, 1.807) is 7.05 Å². The molecule has 0 aliphatic carbocycles. The lowest BCUT2D eigenvalue weighted by molar-refractivity contribution is -0.384. The normalized spacial score (nSPS) is 12.2. The number of aryl methyl sites for hydroxylation is 1. The van der Waals surface area contributed by atoms with Crippen molar-refractivity contribution in [3.05, 3.63) is 28.1 Å². The first-order valence-corrected chi connectivity index (χ1v) is 6.56. The standard InChI is InChI=1S/C11H16BrN3O3/c1-8(12)4-3-5-13-11(16)10-6-9(15(17)18)7-14(10)2/h6-8H,3-5H2,1-2H3,(H,13,16). The average molecular weight is 318 g/mol. The van der Waals surface area contributed by atoms with E-state index in [2.05, 4.69) is 21.2 Å². The molecule has 1 unspecified atom stereocenters. The minimum atomic E-state index is -0.511. The summed E-state index contributed by atoms with van der Waals surface area (Å²) in [6.07, 6.45) is 3.16. The molecule has 0 spiro atoms. The van der Waals surface area contributed by atoms with Crippen LogP contribution in [0.3, 0.4) is 0 Å². The third-order valence-corrected chi connectivity index (χ3v) is 2.96. The first-order valence-electron chi connectivity index (χ1n) is 5.65. The highest BCUT2D eigenvalue weighted by molar-refractivity contribution is 9.09. The summed E-state index contributed by atoms with van der Waals surface area (Å²) in [5.41, 5.74) is 0.227. The van der Waals surface area contributed by atoms with Gasteiger partial charge in [0.1, 0.15) is 5.69 Å². The summed E-state index contributed by atoms with van der Waals surface area (Å²) in [5.74, 6) is -0.284. The summed E-state index contributed by atoms with van der Waals surface area (Å²) in [7, 11) is 1.61.